The van der Waals surface area contributed by atoms with E-state index in [0.717, 1.165) is 43.2 Å². The molecule has 0 unspecified atom stereocenters. The van der Waals surface area contributed by atoms with Gasteiger partial charge in [0.25, 0.3) is 0 Å². The number of benzene rings is 1. The minimum atomic E-state index is -3.22. The summed E-state index contributed by atoms with van der Waals surface area (Å²) < 4.78 is 32.1. The summed E-state index contributed by atoms with van der Waals surface area (Å²) in [6.07, 6.45) is 4.00. The summed E-state index contributed by atoms with van der Waals surface area (Å²) in [7, 11) is -3.22. The molecule has 1 N–H and O–H groups in total. The number of nitrogens with one attached hydrogen (secondary N) is 1. The molecule has 2 bridgehead atoms. The molecule has 1 aromatic carbocycles. The van der Waals surface area contributed by atoms with E-state index >= 15 is 0 Å². The van der Waals surface area contributed by atoms with Crippen molar-refractivity contribution >= 4 is 22.0 Å². The molecule has 0 aromatic heterocycles. The fourth-order valence-corrected chi connectivity index (χ4v) is 7.51. The number of hydrogen-bond acceptors (Lipinski definition) is 6. The summed E-state index contributed by atoms with van der Waals surface area (Å²) in [5, 5.41) is 12.3. The molecule has 214 valence electrons. The highest BCUT2D eigenvalue weighted by Gasteiger charge is 2.52. The van der Waals surface area contributed by atoms with Gasteiger partial charge < -0.3 is 10.1 Å². The number of nitriles is 1. The van der Waals surface area contributed by atoms with Gasteiger partial charge in [0.05, 0.1) is 11.3 Å². The summed E-state index contributed by atoms with van der Waals surface area (Å²) >= 11 is 0. The first-order valence-electron chi connectivity index (χ1n) is 14.1. The monoisotopic (exact) mass is 558 g/mol. The molecule has 2 saturated heterocycles. The lowest BCUT2D eigenvalue weighted by Crippen LogP contribution is -2.55. The number of amides is 2. The van der Waals surface area contributed by atoms with Crippen LogP contribution < -0.4 is 5.32 Å². The van der Waals surface area contributed by atoms with Crippen LogP contribution in [0.5, 0.6) is 0 Å². The maximum Gasteiger partial charge on any atom is 0.411 e. The lowest BCUT2D eigenvalue weighted by atomic mass is 9.89. The highest BCUT2D eigenvalue weighted by atomic mass is 32.2. The third-order valence-corrected chi connectivity index (χ3v) is 10.5. The van der Waals surface area contributed by atoms with Crippen LogP contribution in [-0.4, -0.2) is 71.7 Å². The van der Waals surface area contributed by atoms with E-state index in [2.05, 4.69) is 11.4 Å². The van der Waals surface area contributed by atoms with Gasteiger partial charge >= 0.3 is 6.09 Å². The molecule has 3 fully saturated rings. The van der Waals surface area contributed by atoms with Gasteiger partial charge in [-0.1, -0.05) is 24.3 Å². The van der Waals surface area contributed by atoms with E-state index in [0.29, 0.717) is 25.4 Å². The van der Waals surface area contributed by atoms with Crippen LogP contribution in [0.2, 0.25) is 0 Å². The van der Waals surface area contributed by atoms with E-state index in [-0.39, 0.29) is 17.9 Å². The molecule has 2 amide bonds. The second-order valence-corrected chi connectivity index (χ2v) is 15.0. The second-order valence-electron chi connectivity index (χ2n) is 12.5. The number of fused-ring (bicyclic) bond motifs is 2. The molecule has 9 nitrogen and oxygen atoms in total. The van der Waals surface area contributed by atoms with Gasteiger partial charge in [-0.2, -0.15) is 5.26 Å². The average molecular weight is 559 g/mol. The Balaban J connectivity index is 1.34. The molecule has 2 aliphatic heterocycles. The van der Waals surface area contributed by atoms with Gasteiger partial charge in [-0.3, -0.25) is 9.69 Å². The average Bonchev–Trinajstić information content (AvgIpc) is 3.50. The largest absolute Gasteiger partial charge is 0.444 e. The molecule has 2 heterocycles. The predicted molar refractivity (Wildman–Crippen MR) is 148 cm³/mol. The van der Waals surface area contributed by atoms with Crippen molar-refractivity contribution in [2.75, 3.05) is 13.1 Å². The zero-order chi connectivity index (χ0) is 28.5. The van der Waals surface area contributed by atoms with Crippen molar-refractivity contribution in [3.63, 3.8) is 0 Å². The summed E-state index contributed by atoms with van der Waals surface area (Å²) in [6, 6.07) is 8.94. The maximum absolute atomic E-state index is 13.3. The molecule has 4 rings (SSSR count). The minimum Gasteiger partial charge on any atom is -0.444 e. The van der Waals surface area contributed by atoms with Crippen LogP contribution in [0.3, 0.4) is 0 Å². The number of sulfonamides is 1. The molecule has 0 radical (unpaired) electrons. The van der Waals surface area contributed by atoms with Gasteiger partial charge in [0.1, 0.15) is 17.7 Å². The number of ether oxygens (including phenoxy) is 1. The van der Waals surface area contributed by atoms with E-state index in [1.54, 1.807) is 23.1 Å². The standard InChI is InChI=1S/C29H42N4O5S/c1-19(2)39(36,37)32-14-12-22(13-15-32)21-8-6-20(7-9-21)16-24(18-30)31-27(34)26-23-10-11-25(17-23)33(26)28(35)38-29(3,4)5/h6-9,19,22-26H,10-17H2,1-5H3,(H,31,34)/t23-,24-,25+,26-/m0/s1. The van der Waals surface area contributed by atoms with Crippen LogP contribution in [0.25, 0.3) is 0 Å². The van der Waals surface area contributed by atoms with E-state index in [1.807, 2.05) is 45.0 Å². The van der Waals surface area contributed by atoms with Crippen molar-refractivity contribution in [2.45, 2.75) is 108 Å². The van der Waals surface area contributed by atoms with Crippen molar-refractivity contribution < 1.29 is 22.7 Å². The number of rotatable bonds is 7. The first-order valence-corrected chi connectivity index (χ1v) is 15.6. The molecule has 10 heteroatoms. The fourth-order valence-electron chi connectivity index (χ4n) is 6.19. The quantitative estimate of drug-likeness (QED) is 0.541. The zero-order valence-electron chi connectivity index (χ0n) is 23.7. The van der Waals surface area contributed by atoms with E-state index < -0.39 is 39.1 Å². The van der Waals surface area contributed by atoms with Gasteiger partial charge in [-0.25, -0.2) is 17.5 Å². The van der Waals surface area contributed by atoms with Gasteiger partial charge in [0.2, 0.25) is 15.9 Å². The Morgan fingerprint density at radius 1 is 1.10 bits per heavy atom. The van der Waals surface area contributed by atoms with Gasteiger partial charge in [0, 0.05) is 25.6 Å². The summed E-state index contributed by atoms with van der Waals surface area (Å²) in [6.45, 7) is 9.91. The van der Waals surface area contributed by atoms with Crippen molar-refractivity contribution in [3.05, 3.63) is 35.4 Å². The predicted octanol–water partition coefficient (Wildman–Crippen LogP) is 3.94. The number of carbonyl (C=O) groups excluding carboxylic acids is 2. The van der Waals surface area contributed by atoms with Gasteiger partial charge in [-0.15, -0.1) is 0 Å². The second kappa shape index (κ2) is 11.5. The number of nitrogens with zero attached hydrogens (tertiary/aromatic N) is 3. The fraction of sp³-hybridized carbons (Fsp3) is 0.690. The Hall–Kier alpha value is -2.64. The van der Waals surface area contributed by atoms with Crippen molar-refractivity contribution in [3.8, 4) is 6.07 Å². The van der Waals surface area contributed by atoms with Gasteiger partial charge in [0.15, 0.2) is 0 Å². The SMILES string of the molecule is CC(C)S(=O)(=O)N1CCC(c2ccc(C[C@@H](C#N)NC(=O)[C@@H]3[C@H]4CC[C@H](C4)N3C(=O)OC(C)(C)C)cc2)CC1. The van der Waals surface area contributed by atoms with Crippen molar-refractivity contribution in [2.24, 2.45) is 5.92 Å². The van der Waals surface area contributed by atoms with Gasteiger partial charge in [-0.05, 0) is 89.7 Å². The third kappa shape index (κ3) is 6.58. The van der Waals surface area contributed by atoms with Crippen LogP contribution in [0, 0.1) is 17.2 Å². The van der Waals surface area contributed by atoms with Crippen LogP contribution in [0.15, 0.2) is 24.3 Å². The Bertz CT molecular complexity index is 1190. The van der Waals surface area contributed by atoms with Crippen LogP contribution in [0.1, 0.15) is 83.8 Å². The smallest absolute Gasteiger partial charge is 0.411 e. The molecule has 1 saturated carbocycles. The van der Waals surface area contributed by atoms with E-state index in [1.165, 1.54) is 0 Å². The molecular formula is C29H42N4O5S. The first-order chi connectivity index (χ1) is 18.3. The first kappa shape index (κ1) is 29.3. The highest BCUT2D eigenvalue weighted by Crippen LogP contribution is 2.43. The normalized spacial score (nSPS) is 24.9. The Kier molecular flexibility index (Phi) is 8.62. The zero-order valence-corrected chi connectivity index (χ0v) is 24.5. The van der Waals surface area contributed by atoms with E-state index in [4.69, 9.17) is 4.74 Å². The maximum atomic E-state index is 13.3. The highest BCUT2D eigenvalue weighted by molar-refractivity contribution is 7.89. The molecule has 39 heavy (non-hydrogen) atoms. The number of hydrogen-bond donors (Lipinski definition) is 1. The Morgan fingerprint density at radius 2 is 1.74 bits per heavy atom. The van der Waals surface area contributed by atoms with Crippen LogP contribution >= 0.6 is 0 Å². The molecule has 1 aromatic rings. The Morgan fingerprint density at radius 3 is 2.31 bits per heavy atom. The third-order valence-electron chi connectivity index (χ3n) is 8.23. The Labute approximate surface area is 232 Å². The number of piperidine rings is 2. The molecule has 0 spiro atoms. The summed E-state index contributed by atoms with van der Waals surface area (Å²) in [5.41, 5.74) is 1.44. The lowest BCUT2D eigenvalue weighted by molar-refractivity contribution is -0.128. The summed E-state index contributed by atoms with van der Waals surface area (Å²) in [5.74, 6) is 0.0863. The number of carbonyl (C=O) groups is 2. The number of likely N-dealkylation sites (tertiary alicyclic amines) is 1. The molecule has 4 atom stereocenters. The lowest BCUT2D eigenvalue weighted by Gasteiger charge is -2.35. The summed E-state index contributed by atoms with van der Waals surface area (Å²) in [4.78, 5) is 27.8. The topological polar surface area (TPSA) is 120 Å². The molecule has 1 aliphatic carbocycles. The molecule has 3 aliphatic rings. The van der Waals surface area contributed by atoms with Crippen molar-refractivity contribution in [1.29, 1.82) is 5.26 Å². The molecular weight excluding hydrogens is 516 g/mol. The van der Waals surface area contributed by atoms with Crippen molar-refractivity contribution in [1.82, 2.24) is 14.5 Å². The van der Waals surface area contributed by atoms with Crippen LogP contribution in [-0.2, 0) is 26.0 Å². The minimum absolute atomic E-state index is 0.00558. The van der Waals surface area contributed by atoms with Crippen LogP contribution in [0.4, 0.5) is 4.79 Å². The van der Waals surface area contributed by atoms with E-state index in [9.17, 15) is 23.3 Å².